The van der Waals surface area contributed by atoms with Gasteiger partial charge in [-0.15, -0.1) is 0 Å². The highest BCUT2D eigenvalue weighted by atomic mass is 16.5. The monoisotopic (exact) mass is 277 g/mol. The molecule has 0 aromatic carbocycles. The van der Waals surface area contributed by atoms with Crippen LogP contribution in [0.25, 0.3) is 0 Å². The highest BCUT2D eigenvalue weighted by Gasteiger charge is 2.31. The average molecular weight is 277 g/mol. The van der Waals surface area contributed by atoms with Crippen LogP contribution in [0.15, 0.2) is 12.1 Å². The van der Waals surface area contributed by atoms with E-state index in [1.54, 1.807) is 7.11 Å². The maximum absolute atomic E-state index is 11.9. The number of hydrogen-bond donors (Lipinski definition) is 1. The first-order valence-electron chi connectivity index (χ1n) is 6.56. The number of pyridine rings is 1. The van der Waals surface area contributed by atoms with Crippen LogP contribution in [0.4, 0.5) is 0 Å². The van der Waals surface area contributed by atoms with E-state index in [1.165, 1.54) is 11.9 Å². The van der Waals surface area contributed by atoms with E-state index in [9.17, 15) is 9.59 Å². The number of likely N-dealkylation sites (tertiary alicyclic amines) is 1. The van der Waals surface area contributed by atoms with Crippen LogP contribution in [-0.4, -0.2) is 41.9 Å². The Hall–Kier alpha value is -1.95. The zero-order valence-electron chi connectivity index (χ0n) is 12.0. The second-order valence-electron chi connectivity index (χ2n) is 4.90. The lowest BCUT2D eigenvalue weighted by Crippen LogP contribution is -2.51. The summed E-state index contributed by atoms with van der Waals surface area (Å²) in [6, 6.07) is 3.36. The fourth-order valence-electron chi connectivity index (χ4n) is 2.24. The van der Waals surface area contributed by atoms with Crippen molar-refractivity contribution in [1.29, 1.82) is 0 Å². The molecule has 1 fully saturated rings. The Morgan fingerprint density at radius 2 is 2.20 bits per heavy atom. The summed E-state index contributed by atoms with van der Waals surface area (Å²) in [5, 5.41) is 3.16. The predicted molar refractivity (Wildman–Crippen MR) is 73.2 cm³/mol. The van der Waals surface area contributed by atoms with Gasteiger partial charge in [0.2, 0.25) is 11.8 Å². The van der Waals surface area contributed by atoms with E-state index in [0.717, 1.165) is 17.1 Å². The minimum atomic E-state index is -0.328. The van der Waals surface area contributed by atoms with Crippen molar-refractivity contribution in [2.24, 2.45) is 0 Å². The summed E-state index contributed by atoms with van der Waals surface area (Å²) in [4.78, 5) is 28.9. The molecule has 108 valence electrons. The van der Waals surface area contributed by atoms with Crippen LogP contribution < -0.4 is 10.1 Å². The minimum absolute atomic E-state index is 0.122. The maximum Gasteiger partial charge on any atom is 0.246 e. The Morgan fingerprint density at radius 3 is 2.90 bits per heavy atom. The van der Waals surface area contributed by atoms with Crippen molar-refractivity contribution in [3.05, 3.63) is 23.5 Å². The van der Waals surface area contributed by atoms with Gasteiger partial charge in [0, 0.05) is 37.8 Å². The number of piperidine rings is 1. The second-order valence-corrected chi connectivity index (χ2v) is 4.90. The molecule has 6 heteroatoms. The molecule has 6 nitrogen and oxygen atoms in total. The number of imide groups is 1. The molecule has 1 atom stereocenters. The van der Waals surface area contributed by atoms with Gasteiger partial charge in [0.25, 0.3) is 0 Å². The summed E-state index contributed by atoms with van der Waals surface area (Å²) in [5.41, 5.74) is 1.68. The summed E-state index contributed by atoms with van der Waals surface area (Å²) in [7, 11) is 3.13. The van der Waals surface area contributed by atoms with Crippen molar-refractivity contribution in [3.8, 4) is 5.75 Å². The van der Waals surface area contributed by atoms with Crippen LogP contribution in [0.1, 0.15) is 24.2 Å². The van der Waals surface area contributed by atoms with Crippen LogP contribution in [-0.2, 0) is 16.1 Å². The molecular weight excluding hydrogens is 258 g/mol. The molecule has 0 spiro atoms. The van der Waals surface area contributed by atoms with Gasteiger partial charge in [-0.25, -0.2) is 0 Å². The lowest BCUT2D eigenvalue weighted by Gasteiger charge is -2.28. The van der Waals surface area contributed by atoms with Crippen LogP contribution in [0.3, 0.4) is 0 Å². The van der Waals surface area contributed by atoms with E-state index in [0.29, 0.717) is 19.4 Å². The number of ether oxygens (including phenoxy) is 1. The van der Waals surface area contributed by atoms with Gasteiger partial charge in [-0.3, -0.25) is 19.5 Å². The van der Waals surface area contributed by atoms with Crippen LogP contribution in [0, 0.1) is 6.92 Å². The van der Waals surface area contributed by atoms with Crippen LogP contribution in [0.5, 0.6) is 5.75 Å². The van der Waals surface area contributed by atoms with E-state index in [4.69, 9.17) is 4.74 Å². The number of aromatic nitrogens is 1. The van der Waals surface area contributed by atoms with Crippen LogP contribution in [0.2, 0.25) is 0 Å². The first-order valence-corrected chi connectivity index (χ1v) is 6.56. The molecule has 1 aliphatic heterocycles. The first kappa shape index (κ1) is 14.5. The minimum Gasteiger partial charge on any atom is -0.497 e. The number of methoxy groups -OCH3 is 1. The molecule has 0 bridgehead atoms. The number of likely N-dealkylation sites (N-methyl/N-ethyl adjacent to an activating group) is 1. The van der Waals surface area contributed by atoms with Gasteiger partial charge in [0.05, 0.1) is 18.8 Å². The Labute approximate surface area is 118 Å². The third kappa shape index (κ3) is 3.14. The highest BCUT2D eigenvalue weighted by Crippen LogP contribution is 2.15. The summed E-state index contributed by atoms with van der Waals surface area (Å²) in [6.07, 6.45) is 0.926. The van der Waals surface area contributed by atoms with Crippen molar-refractivity contribution >= 4 is 11.8 Å². The molecule has 1 unspecified atom stereocenters. The van der Waals surface area contributed by atoms with Gasteiger partial charge in [0.15, 0.2) is 0 Å². The SMILES string of the molecule is COc1cc(C)nc(CNC2CCC(=O)N(C)C2=O)c1. The number of amides is 2. The summed E-state index contributed by atoms with van der Waals surface area (Å²) in [6.45, 7) is 2.36. The number of aryl methyl sites for hydroxylation is 1. The normalized spacial score (nSPS) is 19.4. The fraction of sp³-hybridized carbons (Fsp3) is 0.500. The third-order valence-electron chi connectivity index (χ3n) is 3.39. The maximum atomic E-state index is 11.9. The quantitative estimate of drug-likeness (QED) is 0.818. The van der Waals surface area contributed by atoms with E-state index in [-0.39, 0.29) is 17.9 Å². The molecule has 1 aliphatic rings. The van der Waals surface area contributed by atoms with Crippen molar-refractivity contribution in [2.45, 2.75) is 32.4 Å². The molecule has 1 aromatic heterocycles. The van der Waals surface area contributed by atoms with Gasteiger partial charge in [-0.2, -0.15) is 0 Å². The third-order valence-corrected chi connectivity index (χ3v) is 3.39. The number of rotatable bonds is 4. The highest BCUT2D eigenvalue weighted by molar-refractivity contribution is 6.00. The molecule has 2 amide bonds. The molecule has 1 aromatic rings. The summed E-state index contributed by atoms with van der Waals surface area (Å²) < 4.78 is 5.19. The second kappa shape index (κ2) is 6.00. The van der Waals surface area contributed by atoms with E-state index < -0.39 is 0 Å². The summed E-state index contributed by atoms with van der Waals surface area (Å²) >= 11 is 0. The average Bonchev–Trinajstić information content (AvgIpc) is 2.43. The number of carbonyl (C=O) groups excluding carboxylic acids is 2. The molecular formula is C14H19N3O3. The van der Waals surface area contributed by atoms with Crippen molar-refractivity contribution in [3.63, 3.8) is 0 Å². The first-order chi connectivity index (χ1) is 9.51. The topological polar surface area (TPSA) is 71.5 Å². The standard InChI is InChI=1S/C14H19N3O3/c1-9-6-11(20-3)7-10(16-9)8-15-12-4-5-13(18)17(2)14(12)19/h6-7,12,15H,4-5,8H2,1-3H3. The van der Waals surface area contributed by atoms with Crippen molar-refractivity contribution < 1.29 is 14.3 Å². The Balaban J connectivity index is 2.00. The van der Waals surface area contributed by atoms with Gasteiger partial charge in [-0.1, -0.05) is 0 Å². The molecule has 0 radical (unpaired) electrons. The smallest absolute Gasteiger partial charge is 0.246 e. The lowest BCUT2D eigenvalue weighted by atomic mass is 10.0. The van der Waals surface area contributed by atoms with Gasteiger partial charge < -0.3 is 10.1 Å². The number of nitrogens with one attached hydrogen (secondary N) is 1. The van der Waals surface area contributed by atoms with Crippen LogP contribution >= 0.6 is 0 Å². The molecule has 1 N–H and O–H groups in total. The van der Waals surface area contributed by atoms with E-state index >= 15 is 0 Å². The zero-order valence-corrected chi connectivity index (χ0v) is 12.0. The number of hydrogen-bond acceptors (Lipinski definition) is 5. The van der Waals surface area contributed by atoms with Gasteiger partial charge in [-0.05, 0) is 13.3 Å². The van der Waals surface area contributed by atoms with Gasteiger partial charge in [0.1, 0.15) is 5.75 Å². The summed E-state index contributed by atoms with van der Waals surface area (Å²) in [5.74, 6) is 0.445. The Bertz CT molecular complexity index is 530. The Morgan fingerprint density at radius 1 is 1.45 bits per heavy atom. The molecule has 0 saturated carbocycles. The van der Waals surface area contributed by atoms with E-state index in [2.05, 4.69) is 10.3 Å². The Kier molecular flexibility index (Phi) is 4.34. The lowest BCUT2D eigenvalue weighted by molar-refractivity contribution is -0.148. The van der Waals surface area contributed by atoms with E-state index in [1.807, 2.05) is 19.1 Å². The number of nitrogens with zero attached hydrogens (tertiary/aromatic N) is 2. The predicted octanol–water partition coefficient (Wildman–Crippen LogP) is 0.636. The van der Waals surface area contributed by atoms with Crippen molar-refractivity contribution in [2.75, 3.05) is 14.2 Å². The molecule has 2 rings (SSSR count). The molecule has 0 aliphatic carbocycles. The molecule has 1 saturated heterocycles. The van der Waals surface area contributed by atoms with Crippen molar-refractivity contribution in [1.82, 2.24) is 15.2 Å². The van der Waals surface area contributed by atoms with Gasteiger partial charge >= 0.3 is 0 Å². The molecule has 2 heterocycles. The zero-order chi connectivity index (χ0) is 14.7. The largest absolute Gasteiger partial charge is 0.497 e. The number of carbonyl (C=O) groups is 2. The molecule has 20 heavy (non-hydrogen) atoms. The fourth-order valence-corrected chi connectivity index (χ4v) is 2.24.